The molecule has 0 fully saturated rings. The van der Waals surface area contributed by atoms with Gasteiger partial charge in [-0.2, -0.15) is 0 Å². The van der Waals surface area contributed by atoms with Gasteiger partial charge in [0.15, 0.2) is 5.78 Å². The van der Waals surface area contributed by atoms with Crippen molar-refractivity contribution in [3.8, 4) is 0 Å². The van der Waals surface area contributed by atoms with Crippen molar-refractivity contribution in [1.82, 2.24) is 0 Å². The Hall–Kier alpha value is -2.06. The van der Waals surface area contributed by atoms with Crippen molar-refractivity contribution < 1.29 is 4.79 Å². The van der Waals surface area contributed by atoms with E-state index in [0.29, 0.717) is 5.56 Å². The van der Waals surface area contributed by atoms with E-state index in [2.05, 4.69) is 0 Å². The molecule has 1 aliphatic rings. The summed E-state index contributed by atoms with van der Waals surface area (Å²) < 4.78 is 0. The van der Waals surface area contributed by atoms with Crippen molar-refractivity contribution in [3.05, 3.63) is 77.4 Å². The van der Waals surface area contributed by atoms with Crippen LogP contribution < -0.4 is 0 Å². The van der Waals surface area contributed by atoms with E-state index < -0.39 is 0 Å². The second kappa shape index (κ2) is 4.31. The van der Waals surface area contributed by atoms with Crippen molar-refractivity contribution in [1.29, 1.82) is 0 Å². The lowest BCUT2D eigenvalue weighted by Crippen LogP contribution is -2.15. The van der Waals surface area contributed by atoms with E-state index in [1.165, 1.54) is 0 Å². The molecule has 2 aromatic carbocycles. The summed E-state index contributed by atoms with van der Waals surface area (Å²) in [6.07, 6.45) is 1.64. The van der Waals surface area contributed by atoms with Crippen LogP contribution in [0.5, 0.6) is 0 Å². The molecule has 0 unspecified atom stereocenters. The number of benzene rings is 2. The number of hydrogen-bond acceptors (Lipinski definition) is 2. The zero-order valence-electron chi connectivity index (χ0n) is 9.59. The molecule has 0 N–H and O–H groups in total. The first-order valence-corrected chi connectivity index (χ1v) is 6.13. The fourth-order valence-electron chi connectivity index (χ4n) is 2.15. The number of rotatable bonds is 1. The van der Waals surface area contributed by atoms with E-state index in [1.807, 2.05) is 54.6 Å². The lowest BCUT2D eigenvalue weighted by molar-refractivity contribution is 0.104. The van der Waals surface area contributed by atoms with E-state index >= 15 is 0 Å². The van der Waals surface area contributed by atoms with Gasteiger partial charge in [0.1, 0.15) is 0 Å². The van der Waals surface area contributed by atoms with Crippen molar-refractivity contribution in [3.63, 3.8) is 0 Å². The van der Waals surface area contributed by atoms with Gasteiger partial charge in [-0.25, -0.2) is 0 Å². The summed E-state index contributed by atoms with van der Waals surface area (Å²) in [5.74, 6) is 0.0260. The number of hydrogen-bond donors (Lipinski definition) is 0. The molecule has 1 nitrogen and oxygen atoms in total. The second-order valence-corrected chi connectivity index (χ2v) is 4.57. The van der Waals surface area contributed by atoms with Gasteiger partial charge in [-0.05, 0) is 11.6 Å². The first-order chi connectivity index (χ1) is 8.77. The van der Waals surface area contributed by atoms with E-state index in [-0.39, 0.29) is 5.78 Å². The smallest absolute Gasteiger partial charge is 0.187 e. The third kappa shape index (κ3) is 1.71. The molecular weight excluding hydrogens is 240 g/mol. The molecule has 0 spiro atoms. The number of ketones is 1. The zero-order chi connectivity index (χ0) is 12.5. The molecule has 18 heavy (non-hydrogen) atoms. The molecule has 0 bridgehead atoms. The molecule has 0 saturated heterocycles. The molecule has 1 aliphatic carbocycles. The summed E-state index contributed by atoms with van der Waals surface area (Å²) in [5, 5.41) is 0. The first-order valence-electron chi connectivity index (χ1n) is 5.72. The van der Waals surface area contributed by atoms with Crippen LogP contribution in [0.3, 0.4) is 0 Å². The number of carbonyl (C=O) groups excluding carboxylic acids is 1. The third-order valence-electron chi connectivity index (χ3n) is 3.04. The fraction of sp³-hybridized carbons (Fsp3) is 0. The van der Waals surface area contributed by atoms with Gasteiger partial charge in [0.25, 0.3) is 0 Å². The molecule has 0 radical (unpaired) electrons. The Kier molecular flexibility index (Phi) is 2.65. The molecule has 0 saturated carbocycles. The van der Waals surface area contributed by atoms with Gasteiger partial charge in [0.2, 0.25) is 0 Å². The minimum atomic E-state index is 0.0260. The average molecular weight is 250 g/mol. The molecule has 0 heterocycles. The van der Waals surface area contributed by atoms with Crippen molar-refractivity contribution in [2.75, 3.05) is 0 Å². The Morgan fingerprint density at radius 3 is 2.11 bits per heavy atom. The quantitative estimate of drug-likeness (QED) is 0.718. The van der Waals surface area contributed by atoms with Crippen LogP contribution >= 0.6 is 12.2 Å². The van der Waals surface area contributed by atoms with E-state index in [9.17, 15) is 4.79 Å². The van der Waals surface area contributed by atoms with Crippen LogP contribution in [-0.2, 0) is 0 Å². The predicted octanol–water partition coefficient (Wildman–Crippen LogP) is 3.68. The fourth-order valence-corrected chi connectivity index (χ4v) is 2.50. The monoisotopic (exact) mass is 250 g/mol. The summed E-state index contributed by atoms with van der Waals surface area (Å²) in [4.78, 5) is 12.8. The summed E-state index contributed by atoms with van der Waals surface area (Å²) in [5.41, 5.74) is 3.39. The summed E-state index contributed by atoms with van der Waals surface area (Å²) in [6.45, 7) is 0. The standard InChI is InChI=1S/C16H10OS/c17-15-10-14(11-6-2-1-3-7-11)16(18)13-9-5-4-8-12(13)15/h1-10H. The zero-order valence-corrected chi connectivity index (χ0v) is 10.4. The van der Waals surface area contributed by atoms with Gasteiger partial charge < -0.3 is 0 Å². The normalized spacial score (nSPS) is 14.1. The van der Waals surface area contributed by atoms with E-state index in [1.54, 1.807) is 6.08 Å². The maximum atomic E-state index is 12.1. The molecule has 0 atom stereocenters. The Labute approximate surface area is 111 Å². The summed E-state index contributed by atoms with van der Waals surface area (Å²) in [6, 6.07) is 17.3. The van der Waals surface area contributed by atoms with Crippen LogP contribution in [-0.4, -0.2) is 10.6 Å². The largest absolute Gasteiger partial charge is 0.289 e. The van der Waals surface area contributed by atoms with Gasteiger partial charge in [-0.3, -0.25) is 4.79 Å². The third-order valence-corrected chi connectivity index (χ3v) is 3.48. The number of fused-ring (bicyclic) bond motifs is 1. The van der Waals surface area contributed by atoms with Crippen LogP contribution in [0.4, 0.5) is 0 Å². The molecular formula is C16H10OS. The molecule has 2 heteroatoms. The number of allylic oxidation sites excluding steroid dienone is 2. The van der Waals surface area contributed by atoms with Crippen LogP contribution in [0, 0.1) is 0 Å². The highest BCUT2D eigenvalue weighted by Gasteiger charge is 2.22. The van der Waals surface area contributed by atoms with Crippen molar-refractivity contribution >= 4 is 28.4 Å². The van der Waals surface area contributed by atoms with Crippen molar-refractivity contribution in [2.24, 2.45) is 0 Å². The molecule has 0 aliphatic heterocycles. The molecule has 0 aromatic heterocycles. The average Bonchev–Trinajstić information content (AvgIpc) is 2.44. The van der Waals surface area contributed by atoms with E-state index in [0.717, 1.165) is 21.6 Å². The lowest BCUT2D eigenvalue weighted by Gasteiger charge is -2.17. The molecule has 2 aromatic rings. The van der Waals surface area contributed by atoms with Crippen LogP contribution in [0.25, 0.3) is 5.57 Å². The van der Waals surface area contributed by atoms with Crippen LogP contribution in [0.1, 0.15) is 21.5 Å². The topological polar surface area (TPSA) is 17.1 Å². The summed E-state index contributed by atoms with van der Waals surface area (Å²) >= 11 is 5.50. The highest BCUT2D eigenvalue weighted by molar-refractivity contribution is 7.82. The minimum Gasteiger partial charge on any atom is -0.289 e. The number of carbonyl (C=O) groups is 1. The van der Waals surface area contributed by atoms with Gasteiger partial charge in [0.05, 0.1) is 4.86 Å². The Balaban J connectivity index is 2.16. The summed E-state index contributed by atoms with van der Waals surface area (Å²) in [7, 11) is 0. The first kappa shape index (κ1) is 11.1. The SMILES string of the molecule is O=C1C=C(c2ccccc2)C(=S)c2ccccc21. The maximum absolute atomic E-state index is 12.1. The molecule has 0 amide bonds. The van der Waals surface area contributed by atoms with Crippen LogP contribution in [0.2, 0.25) is 0 Å². The minimum absolute atomic E-state index is 0.0260. The van der Waals surface area contributed by atoms with Gasteiger partial charge in [0, 0.05) is 16.7 Å². The van der Waals surface area contributed by atoms with Crippen molar-refractivity contribution in [2.45, 2.75) is 0 Å². The molecule has 86 valence electrons. The van der Waals surface area contributed by atoms with Crippen LogP contribution in [0.15, 0.2) is 60.7 Å². The van der Waals surface area contributed by atoms with Gasteiger partial charge in [-0.1, -0.05) is 66.8 Å². The Bertz CT molecular complexity index is 669. The Morgan fingerprint density at radius 2 is 1.39 bits per heavy atom. The highest BCUT2D eigenvalue weighted by atomic mass is 32.1. The lowest BCUT2D eigenvalue weighted by atomic mass is 9.87. The van der Waals surface area contributed by atoms with E-state index in [4.69, 9.17) is 12.2 Å². The number of thiocarbonyl (C=S) groups is 1. The van der Waals surface area contributed by atoms with Gasteiger partial charge in [-0.15, -0.1) is 0 Å². The maximum Gasteiger partial charge on any atom is 0.187 e. The second-order valence-electron chi connectivity index (χ2n) is 4.16. The highest BCUT2D eigenvalue weighted by Crippen LogP contribution is 2.28. The predicted molar refractivity (Wildman–Crippen MR) is 76.9 cm³/mol. The van der Waals surface area contributed by atoms with Gasteiger partial charge >= 0.3 is 0 Å². The Morgan fingerprint density at radius 1 is 0.778 bits per heavy atom. The molecule has 3 rings (SSSR count).